The van der Waals surface area contributed by atoms with E-state index in [0.29, 0.717) is 11.3 Å². The van der Waals surface area contributed by atoms with Crippen LogP contribution in [0.15, 0.2) is 18.2 Å². The van der Waals surface area contributed by atoms with Gasteiger partial charge < -0.3 is 24.6 Å². The minimum atomic E-state index is -0.901. The molecule has 3 rings (SSSR count). The first-order valence-electron chi connectivity index (χ1n) is 6.99. The van der Waals surface area contributed by atoms with Crippen molar-refractivity contribution in [3.8, 4) is 5.75 Å². The van der Waals surface area contributed by atoms with Crippen molar-refractivity contribution in [3.63, 3.8) is 0 Å². The third-order valence-electron chi connectivity index (χ3n) is 4.01. The van der Waals surface area contributed by atoms with Gasteiger partial charge in [0, 0.05) is 38.6 Å². The van der Waals surface area contributed by atoms with Crippen molar-refractivity contribution < 1.29 is 14.6 Å². The maximum absolute atomic E-state index is 11.8. The number of rotatable bonds is 3. The van der Waals surface area contributed by atoms with Gasteiger partial charge in [-0.15, -0.1) is 0 Å². The molecule has 2 N–H and O–H groups in total. The SMILES string of the molecule is COc1ccc2c(c1)c(C(=O)O)c(N1CCNCC1)n2C. The first-order chi connectivity index (χ1) is 10.1. The molecule has 0 bridgehead atoms. The van der Waals surface area contributed by atoms with Gasteiger partial charge in [0.15, 0.2) is 0 Å². The minimum absolute atomic E-state index is 0.355. The second-order valence-electron chi connectivity index (χ2n) is 5.18. The molecule has 0 saturated carbocycles. The van der Waals surface area contributed by atoms with Gasteiger partial charge >= 0.3 is 5.97 Å². The number of carboxylic acids is 1. The number of hydrogen-bond donors (Lipinski definition) is 2. The maximum Gasteiger partial charge on any atom is 0.340 e. The predicted molar refractivity (Wildman–Crippen MR) is 81.5 cm³/mol. The molecule has 0 aliphatic carbocycles. The molecule has 1 fully saturated rings. The Morgan fingerprint density at radius 3 is 2.67 bits per heavy atom. The molecule has 1 aliphatic rings. The van der Waals surface area contributed by atoms with E-state index in [1.165, 1.54) is 0 Å². The molecule has 1 aromatic carbocycles. The molecule has 0 radical (unpaired) electrons. The minimum Gasteiger partial charge on any atom is -0.497 e. The van der Waals surface area contributed by atoms with Crippen LogP contribution in [-0.4, -0.2) is 48.9 Å². The molecule has 1 aliphatic heterocycles. The number of aryl methyl sites for hydroxylation is 1. The largest absolute Gasteiger partial charge is 0.497 e. The standard InChI is InChI=1S/C15H19N3O3/c1-17-12-4-3-10(21-2)9-11(12)13(15(19)20)14(17)18-7-5-16-6-8-18/h3-4,9,16H,5-8H2,1-2H3,(H,19,20). The van der Waals surface area contributed by atoms with E-state index in [1.54, 1.807) is 13.2 Å². The Balaban J connectivity index is 2.24. The lowest BCUT2D eigenvalue weighted by Crippen LogP contribution is -2.44. The van der Waals surface area contributed by atoms with Gasteiger partial charge in [-0.25, -0.2) is 4.79 Å². The zero-order valence-corrected chi connectivity index (χ0v) is 12.2. The van der Waals surface area contributed by atoms with Gasteiger partial charge in [-0.05, 0) is 18.2 Å². The fourth-order valence-corrected chi connectivity index (χ4v) is 2.99. The molecule has 0 amide bonds. The molecule has 6 nitrogen and oxygen atoms in total. The second-order valence-corrected chi connectivity index (χ2v) is 5.18. The van der Waals surface area contributed by atoms with Crippen molar-refractivity contribution >= 4 is 22.7 Å². The lowest BCUT2D eigenvalue weighted by molar-refractivity contribution is 0.0699. The number of methoxy groups -OCH3 is 1. The summed E-state index contributed by atoms with van der Waals surface area (Å²) in [6.07, 6.45) is 0. The Bertz CT molecular complexity index is 687. The van der Waals surface area contributed by atoms with Gasteiger partial charge in [-0.1, -0.05) is 0 Å². The molecule has 0 spiro atoms. The van der Waals surface area contributed by atoms with E-state index in [4.69, 9.17) is 4.74 Å². The van der Waals surface area contributed by atoms with Crippen LogP contribution >= 0.6 is 0 Å². The van der Waals surface area contributed by atoms with Crippen molar-refractivity contribution in [3.05, 3.63) is 23.8 Å². The van der Waals surface area contributed by atoms with Gasteiger partial charge in [0.1, 0.15) is 17.1 Å². The molecule has 0 atom stereocenters. The molecule has 112 valence electrons. The number of anilines is 1. The third kappa shape index (κ3) is 2.21. The van der Waals surface area contributed by atoms with Crippen LogP contribution in [0.25, 0.3) is 10.9 Å². The highest BCUT2D eigenvalue weighted by Crippen LogP contribution is 2.34. The molecule has 2 aromatic rings. The number of nitrogens with one attached hydrogen (secondary N) is 1. The summed E-state index contributed by atoms with van der Waals surface area (Å²) < 4.78 is 7.19. The second kappa shape index (κ2) is 5.29. The monoisotopic (exact) mass is 289 g/mol. The number of aromatic nitrogens is 1. The van der Waals surface area contributed by atoms with Crippen molar-refractivity contribution in [1.29, 1.82) is 0 Å². The average molecular weight is 289 g/mol. The number of carboxylic acid groups (broad SMARTS) is 1. The van der Waals surface area contributed by atoms with Crippen LogP contribution in [0.2, 0.25) is 0 Å². The lowest BCUT2D eigenvalue weighted by atomic mass is 10.1. The van der Waals surface area contributed by atoms with Crippen LogP contribution in [0.3, 0.4) is 0 Å². The number of aromatic carboxylic acids is 1. The summed E-state index contributed by atoms with van der Waals surface area (Å²) in [5.41, 5.74) is 1.26. The zero-order chi connectivity index (χ0) is 15.0. The predicted octanol–water partition coefficient (Wildman–Crippen LogP) is 1.29. The summed E-state index contributed by atoms with van der Waals surface area (Å²) in [6, 6.07) is 5.56. The number of hydrogen-bond acceptors (Lipinski definition) is 4. The summed E-state index contributed by atoms with van der Waals surface area (Å²) in [6.45, 7) is 3.34. The van der Waals surface area contributed by atoms with Gasteiger partial charge in [-0.3, -0.25) is 0 Å². The van der Waals surface area contributed by atoms with E-state index in [9.17, 15) is 9.90 Å². The van der Waals surface area contributed by atoms with E-state index in [2.05, 4.69) is 10.2 Å². The van der Waals surface area contributed by atoms with Crippen LogP contribution in [0.4, 0.5) is 5.82 Å². The van der Waals surface area contributed by atoms with E-state index >= 15 is 0 Å². The van der Waals surface area contributed by atoms with Crippen molar-refractivity contribution in [2.75, 3.05) is 38.2 Å². The fraction of sp³-hybridized carbons (Fsp3) is 0.400. The molecule has 1 saturated heterocycles. The molecule has 1 aromatic heterocycles. The molecule has 6 heteroatoms. The van der Waals surface area contributed by atoms with Crippen LogP contribution in [-0.2, 0) is 7.05 Å². The highest BCUT2D eigenvalue weighted by molar-refractivity contribution is 6.09. The first kappa shape index (κ1) is 13.8. The fourth-order valence-electron chi connectivity index (χ4n) is 2.99. The van der Waals surface area contributed by atoms with Gasteiger partial charge in [0.05, 0.1) is 12.6 Å². The highest BCUT2D eigenvalue weighted by atomic mass is 16.5. The number of nitrogens with zero attached hydrogens (tertiary/aromatic N) is 2. The van der Waals surface area contributed by atoms with Crippen molar-refractivity contribution in [2.45, 2.75) is 0 Å². The summed E-state index contributed by atoms with van der Waals surface area (Å²) in [4.78, 5) is 13.9. The Morgan fingerprint density at radius 1 is 1.33 bits per heavy atom. The van der Waals surface area contributed by atoms with Gasteiger partial charge in [0.25, 0.3) is 0 Å². The first-order valence-corrected chi connectivity index (χ1v) is 6.99. The van der Waals surface area contributed by atoms with Crippen LogP contribution in [0.5, 0.6) is 5.75 Å². The summed E-state index contributed by atoms with van der Waals surface area (Å²) in [5, 5.41) is 13.7. The number of benzene rings is 1. The lowest BCUT2D eigenvalue weighted by Gasteiger charge is -2.30. The molecular formula is C15H19N3O3. The number of fused-ring (bicyclic) bond motifs is 1. The van der Waals surface area contributed by atoms with E-state index in [0.717, 1.165) is 42.9 Å². The van der Waals surface area contributed by atoms with Crippen molar-refractivity contribution in [1.82, 2.24) is 9.88 Å². The Morgan fingerprint density at radius 2 is 2.05 bits per heavy atom. The number of carbonyl (C=O) groups is 1. The van der Waals surface area contributed by atoms with E-state index in [-0.39, 0.29) is 0 Å². The molecular weight excluding hydrogens is 270 g/mol. The number of piperazine rings is 1. The van der Waals surface area contributed by atoms with Crippen LogP contribution < -0.4 is 15.0 Å². The van der Waals surface area contributed by atoms with Crippen molar-refractivity contribution in [2.24, 2.45) is 7.05 Å². The summed E-state index contributed by atoms with van der Waals surface area (Å²) >= 11 is 0. The average Bonchev–Trinajstić information content (AvgIpc) is 2.80. The van der Waals surface area contributed by atoms with Gasteiger partial charge in [0.2, 0.25) is 0 Å². The number of ether oxygens (including phenoxy) is 1. The summed E-state index contributed by atoms with van der Waals surface area (Å²) in [7, 11) is 3.50. The van der Waals surface area contributed by atoms with Crippen LogP contribution in [0, 0.1) is 0 Å². The van der Waals surface area contributed by atoms with Crippen LogP contribution in [0.1, 0.15) is 10.4 Å². The Hall–Kier alpha value is -2.21. The Labute approximate surface area is 122 Å². The molecule has 21 heavy (non-hydrogen) atoms. The van der Waals surface area contributed by atoms with Gasteiger partial charge in [-0.2, -0.15) is 0 Å². The highest BCUT2D eigenvalue weighted by Gasteiger charge is 2.26. The third-order valence-corrected chi connectivity index (χ3v) is 4.01. The normalized spacial score (nSPS) is 15.4. The van der Waals surface area contributed by atoms with E-state index in [1.807, 2.05) is 23.7 Å². The van der Waals surface area contributed by atoms with E-state index < -0.39 is 5.97 Å². The molecule has 0 unspecified atom stereocenters. The molecule has 2 heterocycles. The quantitative estimate of drug-likeness (QED) is 0.891. The maximum atomic E-state index is 11.8. The zero-order valence-electron chi connectivity index (χ0n) is 12.2. The smallest absolute Gasteiger partial charge is 0.340 e. The Kier molecular flexibility index (Phi) is 3.47. The topological polar surface area (TPSA) is 66.7 Å². The summed E-state index contributed by atoms with van der Waals surface area (Å²) in [5.74, 6) is 0.539.